The highest BCUT2D eigenvalue weighted by atomic mass is 16.1. The molecule has 3 aromatic rings. The lowest BCUT2D eigenvalue weighted by atomic mass is 10.1. The van der Waals surface area contributed by atoms with Crippen molar-refractivity contribution in [1.82, 2.24) is 20.5 Å². The molecular weight excluding hydrogens is 348 g/mol. The third-order valence-corrected chi connectivity index (χ3v) is 4.73. The lowest BCUT2D eigenvalue weighted by Crippen LogP contribution is -2.28. The zero-order valence-corrected chi connectivity index (χ0v) is 16.8. The van der Waals surface area contributed by atoms with Gasteiger partial charge in [-0.25, -0.2) is 0 Å². The number of hydrogen-bond donors (Lipinski definition) is 1. The molecule has 3 rings (SSSR count). The number of amides is 1. The predicted molar refractivity (Wildman–Crippen MR) is 111 cm³/mol. The van der Waals surface area contributed by atoms with Gasteiger partial charge < -0.3 is 5.32 Å². The minimum Gasteiger partial charge on any atom is -0.344 e. The van der Waals surface area contributed by atoms with E-state index < -0.39 is 0 Å². The number of carbonyl (C=O) groups is 1. The normalized spacial score (nSPS) is 12.0. The molecule has 2 heterocycles. The van der Waals surface area contributed by atoms with Crippen molar-refractivity contribution < 1.29 is 4.79 Å². The summed E-state index contributed by atoms with van der Waals surface area (Å²) in [4.78, 5) is 17.1. The molecule has 0 saturated heterocycles. The number of hydrogen-bond acceptors (Lipinski definition) is 4. The summed E-state index contributed by atoms with van der Waals surface area (Å²) >= 11 is 0. The van der Waals surface area contributed by atoms with Crippen LogP contribution in [0, 0.1) is 6.92 Å². The number of nitrogens with one attached hydrogen (secondary N) is 1. The maximum absolute atomic E-state index is 12.7. The Balaban J connectivity index is 1.72. The average Bonchev–Trinajstić information content (AvgIpc) is 2.72. The highest BCUT2D eigenvalue weighted by Gasteiger charge is 2.15. The van der Waals surface area contributed by atoms with Crippen molar-refractivity contribution in [3.63, 3.8) is 0 Å². The van der Waals surface area contributed by atoms with E-state index in [1.165, 1.54) is 0 Å². The van der Waals surface area contributed by atoms with E-state index in [-0.39, 0.29) is 11.9 Å². The van der Waals surface area contributed by atoms with Gasteiger partial charge in [0.1, 0.15) is 0 Å². The van der Waals surface area contributed by atoms with Crippen molar-refractivity contribution in [2.75, 3.05) is 0 Å². The van der Waals surface area contributed by atoms with Crippen molar-refractivity contribution in [3.05, 3.63) is 77.2 Å². The van der Waals surface area contributed by atoms with Gasteiger partial charge in [0, 0.05) is 17.3 Å². The van der Waals surface area contributed by atoms with Crippen LogP contribution in [0.4, 0.5) is 0 Å². The van der Waals surface area contributed by atoms with E-state index in [9.17, 15) is 4.79 Å². The Morgan fingerprint density at radius 1 is 1.00 bits per heavy atom. The first kappa shape index (κ1) is 19.7. The Morgan fingerprint density at radius 3 is 2.32 bits per heavy atom. The van der Waals surface area contributed by atoms with Gasteiger partial charge in [-0.3, -0.25) is 9.78 Å². The number of pyridine rings is 1. The molecule has 0 bridgehead atoms. The summed E-state index contributed by atoms with van der Waals surface area (Å²) in [5, 5.41) is 11.6. The van der Waals surface area contributed by atoms with Crippen LogP contribution in [0.25, 0.3) is 11.3 Å². The molecule has 0 aliphatic heterocycles. The fraction of sp³-hybridized carbons (Fsp3) is 0.304. The standard InChI is InChI=1S/C23H26N4O/c1-5-19(22-14-16(4)12-13-24-22)25-23(28)18-8-6-17(7-9-18)21-11-10-20(15(2)3)26-27-21/h6-15,19H,5H2,1-4H3,(H,25,28). The monoisotopic (exact) mass is 374 g/mol. The molecular formula is C23H26N4O. The van der Waals surface area contributed by atoms with E-state index in [2.05, 4.69) is 34.3 Å². The first-order valence-corrected chi connectivity index (χ1v) is 9.65. The molecule has 0 saturated carbocycles. The summed E-state index contributed by atoms with van der Waals surface area (Å²) < 4.78 is 0. The molecule has 5 nitrogen and oxygen atoms in total. The molecule has 1 atom stereocenters. The van der Waals surface area contributed by atoms with E-state index in [1.54, 1.807) is 6.20 Å². The van der Waals surface area contributed by atoms with E-state index >= 15 is 0 Å². The Hall–Kier alpha value is -3.08. The number of benzene rings is 1. The summed E-state index contributed by atoms with van der Waals surface area (Å²) in [6.07, 6.45) is 2.55. The molecule has 1 aromatic carbocycles. The molecule has 28 heavy (non-hydrogen) atoms. The Kier molecular flexibility index (Phi) is 6.14. The number of nitrogens with zero attached hydrogens (tertiary/aromatic N) is 3. The summed E-state index contributed by atoms with van der Waals surface area (Å²) in [6.45, 7) is 8.24. The van der Waals surface area contributed by atoms with Gasteiger partial charge >= 0.3 is 0 Å². The van der Waals surface area contributed by atoms with Gasteiger partial charge in [-0.2, -0.15) is 10.2 Å². The SMILES string of the molecule is CCC(NC(=O)c1ccc(-c2ccc(C(C)C)nn2)cc1)c1cc(C)ccn1. The highest BCUT2D eigenvalue weighted by molar-refractivity contribution is 5.94. The van der Waals surface area contributed by atoms with Gasteiger partial charge in [0.2, 0.25) is 0 Å². The topological polar surface area (TPSA) is 67.8 Å². The van der Waals surface area contributed by atoms with Crippen LogP contribution in [-0.4, -0.2) is 21.1 Å². The van der Waals surface area contributed by atoms with Gasteiger partial charge in [-0.1, -0.05) is 32.9 Å². The average molecular weight is 374 g/mol. The van der Waals surface area contributed by atoms with Crippen LogP contribution >= 0.6 is 0 Å². The van der Waals surface area contributed by atoms with Crippen molar-refractivity contribution >= 4 is 5.91 Å². The van der Waals surface area contributed by atoms with E-state index in [0.717, 1.165) is 34.6 Å². The maximum atomic E-state index is 12.7. The number of carbonyl (C=O) groups excluding carboxylic acids is 1. The molecule has 2 aromatic heterocycles. The fourth-order valence-electron chi connectivity index (χ4n) is 2.97. The van der Waals surface area contributed by atoms with Crippen molar-refractivity contribution in [2.45, 2.75) is 46.1 Å². The third kappa shape index (κ3) is 4.60. The molecule has 1 N–H and O–H groups in total. The van der Waals surface area contributed by atoms with Gasteiger partial charge in [-0.15, -0.1) is 0 Å². The summed E-state index contributed by atoms with van der Waals surface area (Å²) in [5.74, 6) is 0.241. The molecule has 5 heteroatoms. The third-order valence-electron chi connectivity index (χ3n) is 4.73. The van der Waals surface area contributed by atoms with Crippen molar-refractivity contribution in [2.24, 2.45) is 0 Å². The summed E-state index contributed by atoms with van der Waals surface area (Å²) in [6, 6.07) is 15.3. The minimum absolute atomic E-state index is 0.108. The molecule has 1 unspecified atom stereocenters. The van der Waals surface area contributed by atoms with Gasteiger partial charge in [0.25, 0.3) is 5.91 Å². The first-order chi connectivity index (χ1) is 13.5. The summed E-state index contributed by atoms with van der Waals surface area (Å²) in [7, 11) is 0. The van der Waals surface area contributed by atoms with E-state index in [0.29, 0.717) is 11.5 Å². The Labute approximate surface area is 166 Å². The number of aromatic nitrogens is 3. The smallest absolute Gasteiger partial charge is 0.251 e. The molecule has 0 radical (unpaired) electrons. The molecule has 0 aliphatic rings. The van der Waals surface area contributed by atoms with E-state index in [1.807, 2.05) is 62.4 Å². The maximum Gasteiger partial charge on any atom is 0.251 e. The quantitative estimate of drug-likeness (QED) is 0.669. The van der Waals surface area contributed by atoms with Gasteiger partial charge in [0.05, 0.1) is 23.1 Å². The molecule has 0 aliphatic carbocycles. The zero-order chi connectivity index (χ0) is 20.1. The van der Waals surface area contributed by atoms with Gasteiger partial charge in [-0.05, 0) is 61.2 Å². The largest absolute Gasteiger partial charge is 0.344 e. The second kappa shape index (κ2) is 8.74. The molecule has 144 valence electrons. The Bertz CT molecular complexity index is 934. The minimum atomic E-state index is -0.110. The molecule has 1 amide bonds. The Morgan fingerprint density at radius 2 is 1.75 bits per heavy atom. The second-order valence-electron chi connectivity index (χ2n) is 7.27. The lowest BCUT2D eigenvalue weighted by molar-refractivity contribution is 0.0934. The fourth-order valence-corrected chi connectivity index (χ4v) is 2.97. The van der Waals surface area contributed by atoms with Crippen LogP contribution < -0.4 is 5.32 Å². The highest BCUT2D eigenvalue weighted by Crippen LogP contribution is 2.20. The van der Waals surface area contributed by atoms with Crippen molar-refractivity contribution in [1.29, 1.82) is 0 Å². The van der Waals surface area contributed by atoms with Crippen LogP contribution in [-0.2, 0) is 0 Å². The van der Waals surface area contributed by atoms with Crippen LogP contribution in [0.3, 0.4) is 0 Å². The zero-order valence-electron chi connectivity index (χ0n) is 16.8. The van der Waals surface area contributed by atoms with Crippen molar-refractivity contribution in [3.8, 4) is 11.3 Å². The number of rotatable bonds is 6. The summed E-state index contributed by atoms with van der Waals surface area (Å²) in [5.41, 5.74) is 5.33. The first-order valence-electron chi connectivity index (χ1n) is 9.65. The number of aryl methyl sites for hydroxylation is 1. The second-order valence-corrected chi connectivity index (χ2v) is 7.27. The predicted octanol–water partition coefficient (Wildman–Crippen LogP) is 4.85. The lowest BCUT2D eigenvalue weighted by Gasteiger charge is -2.17. The van der Waals surface area contributed by atoms with Crippen LogP contribution in [0.5, 0.6) is 0 Å². The van der Waals surface area contributed by atoms with Gasteiger partial charge in [0.15, 0.2) is 0 Å². The molecule has 0 spiro atoms. The van der Waals surface area contributed by atoms with Crippen LogP contribution in [0.2, 0.25) is 0 Å². The van der Waals surface area contributed by atoms with E-state index in [4.69, 9.17) is 0 Å². The van der Waals surface area contributed by atoms with Crippen LogP contribution in [0.15, 0.2) is 54.7 Å². The van der Waals surface area contributed by atoms with Crippen LogP contribution in [0.1, 0.15) is 66.5 Å². The molecule has 0 fully saturated rings.